The third-order valence-corrected chi connectivity index (χ3v) is 5.62. The van der Waals surface area contributed by atoms with Crippen molar-refractivity contribution in [2.24, 2.45) is 5.73 Å². The molecular weight excluding hydrogens is 366 g/mol. The van der Waals surface area contributed by atoms with Gasteiger partial charge in [0, 0.05) is 42.5 Å². The van der Waals surface area contributed by atoms with Gasteiger partial charge in [-0.1, -0.05) is 11.6 Å². The highest BCUT2D eigenvalue weighted by molar-refractivity contribution is 5.96. The lowest BCUT2D eigenvalue weighted by atomic mass is 10.0. The largest absolute Gasteiger partial charge is 0.451 e. The van der Waals surface area contributed by atoms with Crippen molar-refractivity contribution < 1.29 is 9.21 Å². The van der Waals surface area contributed by atoms with Crippen molar-refractivity contribution in [3.05, 3.63) is 59.6 Å². The normalized spacial score (nSPS) is 16.9. The minimum atomic E-state index is -0.0647. The molecule has 4 aromatic rings. The summed E-state index contributed by atoms with van der Waals surface area (Å²) in [5, 5.41) is 6.79. The Balaban J connectivity index is 1.41. The molecule has 1 amide bonds. The first-order valence-corrected chi connectivity index (χ1v) is 9.95. The Labute approximate surface area is 168 Å². The van der Waals surface area contributed by atoms with Crippen LogP contribution in [0.2, 0.25) is 0 Å². The molecule has 148 valence electrons. The summed E-state index contributed by atoms with van der Waals surface area (Å²) in [7, 11) is 0. The topological polar surface area (TPSA) is 90.2 Å². The lowest BCUT2D eigenvalue weighted by Gasteiger charge is -2.14. The molecule has 5 rings (SSSR count). The maximum atomic E-state index is 13.0. The number of rotatable bonds is 4. The van der Waals surface area contributed by atoms with Gasteiger partial charge in [-0.25, -0.2) is 9.67 Å². The van der Waals surface area contributed by atoms with Crippen LogP contribution in [0.4, 0.5) is 0 Å². The molecule has 0 radical (unpaired) electrons. The van der Waals surface area contributed by atoms with Gasteiger partial charge in [0.25, 0.3) is 5.91 Å². The van der Waals surface area contributed by atoms with Crippen molar-refractivity contribution in [2.45, 2.75) is 25.8 Å². The summed E-state index contributed by atoms with van der Waals surface area (Å²) in [4.78, 5) is 19.4. The zero-order valence-electron chi connectivity index (χ0n) is 16.3. The fraction of sp³-hybridized carbons (Fsp3) is 0.318. The van der Waals surface area contributed by atoms with Crippen molar-refractivity contribution in [1.29, 1.82) is 0 Å². The molecule has 0 saturated carbocycles. The zero-order chi connectivity index (χ0) is 20.0. The standard InChI is InChI=1S/C22H23N5O2/c1-14-4-5-18-16(11-14)12-19(29-18)22(28)26-9-6-15(13-26)20-17-3-2-8-24-21(17)27(25-20)10-7-23/h2-5,8,11-12,15H,6-7,9-10,13,23H2,1H3. The molecule has 1 atom stereocenters. The SMILES string of the molecule is Cc1ccc2oc(C(=O)N3CCC(c4nn(CCN)c5ncccc45)C3)cc2c1. The quantitative estimate of drug-likeness (QED) is 0.579. The van der Waals surface area contributed by atoms with Gasteiger partial charge in [-0.3, -0.25) is 4.79 Å². The van der Waals surface area contributed by atoms with Gasteiger partial charge in [-0.05, 0) is 43.7 Å². The van der Waals surface area contributed by atoms with Gasteiger partial charge in [0.1, 0.15) is 5.58 Å². The summed E-state index contributed by atoms with van der Waals surface area (Å²) in [6.45, 7) is 4.47. The van der Waals surface area contributed by atoms with E-state index in [2.05, 4.69) is 4.98 Å². The van der Waals surface area contributed by atoms with E-state index in [1.54, 1.807) is 6.20 Å². The van der Waals surface area contributed by atoms with Crippen molar-refractivity contribution >= 4 is 27.9 Å². The van der Waals surface area contributed by atoms with Crippen LogP contribution in [0, 0.1) is 6.92 Å². The van der Waals surface area contributed by atoms with Gasteiger partial charge in [0.05, 0.1) is 12.2 Å². The van der Waals surface area contributed by atoms with Gasteiger partial charge in [0.15, 0.2) is 11.4 Å². The number of fused-ring (bicyclic) bond motifs is 2. The number of aryl methyl sites for hydroxylation is 1. The second-order valence-corrected chi connectivity index (χ2v) is 7.66. The summed E-state index contributed by atoms with van der Waals surface area (Å²) in [6, 6.07) is 11.7. The third kappa shape index (κ3) is 3.07. The van der Waals surface area contributed by atoms with E-state index in [1.165, 1.54) is 0 Å². The van der Waals surface area contributed by atoms with E-state index in [-0.39, 0.29) is 11.8 Å². The van der Waals surface area contributed by atoms with E-state index in [1.807, 2.05) is 52.9 Å². The minimum absolute atomic E-state index is 0.0647. The van der Waals surface area contributed by atoms with Crippen LogP contribution >= 0.6 is 0 Å². The fourth-order valence-corrected chi connectivity index (χ4v) is 4.21. The van der Waals surface area contributed by atoms with E-state index < -0.39 is 0 Å². The average Bonchev–Trinajstić information content (AvgIpc) is 3.44. The molecular formula is C22H23N5O2. The van der Waals surface area contributed by atoms with Crippen molar-refractivity contribution in [2.75, 3.05) is 19.6 Å². The Bertz CT molecular complexity index is 1210. The van der Waals surface area contributed by atoms with Gasteiger partial charge in [-0.15, -0.1) is 0 Å². The van der Waals surface area contributed by atoms with Gasteiger partial charge in [-0.2, -0.15) is 5.10 Å². The molecule has 3 aromatic heterocycles. The number of amides is 1. The second kappa shape index (κ2) is 7.00. The predicted octanol–water partition coefficient (Wildman–Crippen LogP) is 3.07. The molecule has 1 aromatic carbocycles. The van der Waals surface area contributed by atoms with E-state index in [9.17, 15) is 4.79 Å². The van der Waals surface area contributed by atoms with Gasteiger partial charge < -0.3 is 15.1 Å². The van der Waals surface area contributed by atoms with E-state index in [0.29, 0.717) is 31.9 Å². The number of nitrogens with two attached hydrogens (primary N) is 1. The summed E-state index contributed by atoms with van der Waals surface area (Å²) in [5.74, 6) is 0.507. The average molecular weight is 389 g/mol. The molecule has 1 saturated heterocycles. The number of nitrogens with zero attached hydrogens (tertiary/aromatic N) is 4. The molecule has 29 heavy (non-hydrogen) atoms. The smallest absolute Gasteiger partial charge is 0.289 e. The summed E-state index contributed by atoms with van der Waals surface area (Å²) < 4.78 is 7.68. The van der Waals surface area contributed by atoms with Crippen LogP contribution in [-0.2, 0) is 6.54 Å². The number of carbonyl (C=O) groups excluding carboxylic acids is 1. The van der Waals surface area contributed by atoms with Crippen LogP contribution < -0.4 is 5.73 Å². The van der Waals surface area contributed by atoms with Crippen LogP contribution in [-0.4, -0.2) is 45.2 Å². The van der Waals surface area contributed by atoms with E-state index >= 15 is 0 Å². The lowest BCUT2D eigenvalue weighted by Crippen LogP contribution is -2.28. The number of hydrogen-bond donors (Lipinski definition) is 1. The van der Waals surface area contributed by atoms with E-state index in [0.717, 1.165) is 39.7 Å². The number of furan rings is 1. The van der Waals surface area contributed by atoms with E-state index in [4.69, 9.17) is 15.2 Å². The number of pyridine rings is 1. The molecule has 0 aliphatic carbocycles. The summed E-state index contributed by atoms with van der Waals surface area (Å²) >= 11 is 0. The fourth-order valence-electron chi connectivity index (χ4n) is 4.21. The highest BCUT2D eigenvalue weighted by Crippen LogP contribution is 2.32. The molecule has 2 N–H and O–H groups in total. The molecule has 1 aliphatic heterocycles. The molecule has 7 heteroatoms. The second-order valence-electron chi connectivity index (χ2n) is 7.66. The molecule has 1 fully saturated rings. The molecule has 1 unspecified atom stereocenters. The highest BCUT2D eigenvalue weighted by Gasteiger charge is 2.32. The Morgan fingerprint density at radius 3 is 3.07 bits per heavy atom. The van der Waals surface area contributed by atoms with Gasteiger partial charge in [0.2, 0.25) is 0 Å². The molecule has 4 heterocycles. The Morgan fingerprint density at radius 2 is 2.21 bits per heavy atom. The number of hydrogen-bond acceptors (Lipinski definition) is 5. The predicted molar refractivity (Wildman–Crippen MR) is 111 cm³/mol. The van der Waals surface area contributed by atoms with Crippen LogP contribution in [0.15, 0.2) is 47.0 Å². The van der Waals surface area contributed by atoms with Crippen molar-refractivity contribution in [3.8, 4) is 0 Å². The maximum absolute atomic E-state index is 13.0. The zero-order valence-corrected chi connectivity index (χ0v) is 16.3. The van der Waals surface area contributed by atoms with Crippen LogP contribution in [0.25, 0.3) is 22.0 Å². The van der Waals surface area contributed by atoms with Gasteiger partial charge >= 0.3 is 0 Å². The highest BCUT2D eigenvalue weighted by atomic mass is 16.3. The molecule has 0 spiro atoms. The summed E-state index contributed by atoms with van der Waals surface area (Å²) in [5.41, 5.74) is 9.47. The van der Waals surface area contributed by atoms with Crippen LogP contribution in [0.5, 0.6) is 0 Å². The van der Waals surface area contributed by atoms with Crippen LogP contribution in [0.3, 0.4) is 0 Å². The Morgan fingerprint density at radius 1 is 1.31 bits per heavy atom. The van der Waals surface area contributed by atoms with Crippen molar-refractivity contribution in [3.63, 3.8) is 0 Å². The maximum Gasteiger partial charge on any atom is 0.289 e. The van der Waals surface area contributed by atoms with Crippen molar-refractivity contribution in [1.82, 2.24) is 19.7 Å². The van der Waals surface area contributed by atoms with Crippen LogP contribution in [0.1, 0.15) is 34.2 Å². The summed E-state index contributed by atoms with van der Waals surface area (Å²) in [6.07, 6.45) is 2.64. The third-order valence-electron chi connectivity index (χ3n) is 5.62. The molecule has 7 nitrogen and oxygen atoms in total. The number of aromatic nitrogens is 3. The number of carbonyl (C=O) groups is 1. The Hall–Kier alpha value is -3.19. The first kappa shape index (κ1) is 17.9. The number of likely N-dealkylation sites (tertiary alicyclic amines) is 1. The first-order chi connectivity index (χ1) is 14.1. The molecule has 0 bridgehead atoms. The molecule has 1 aliphatic rings. The number of benzene rings is 1. The first-order valence-electron chi connectivity index (χ1n) is 9.95. The lowest BCUT2D eigenvalue weighted by molar-refractivity contribution is 0.0761. The Kier molecular flexibility index (Phi) is 4.32. The minimum Gasteiger partial charge on any atom is -0.451 e. The monoisotopic (exact) mass is 389 g/mol.